The summed E-state index contributed by atoms with van der Waals surface area (Å²) in [6.07, 6.45) is 14.0. The van der Waals surface area contributed by atoms with Crippen molar-refractivity contribution in [1.82, 2.24) is 15.3 Å². The number of nitrogens with zero attached hydrogens (tertiary/aromatic N) is 3. The van der Waals surface area contributed by atoms with Crippen LogP contribution in [0.3, 0.4) is 0 Å². The summed E-state index contributed by atoms with van der Waals surface area (Å²) in [4.78, 5) is 86.8. The van der Waals surface area contributed by atoms with Gasteiger partial charge in [0.15, 0.2) is 0 Å². The largest absolute Gasteiger partial charge is 0.496 e. The highest BCUT2D eigenvalue weighted by molar-refractivity contribution is 14.1. The molecule has 0 bridgehead atoms. The maximum atomic E-state index is 13.3. The number of hydrogen-bond acceptors (Lipinski definition) is 23. The Kier molecular flexibility index (Phi) is 30.4. The van der Waals surface area contributed by atoms with Crippen molar-refractivity contribution in [3.05, 3.63) is 173 Å². The minimum Gasteiger partial charge on any atom is -0.496 e. The number of aromatic amines is 2. The van der Waals surface area contributed by atoms with Crippen LogP contribution in [0.4, 0.5) is 22.7 Å². The van der Waals surface area contributed by atoms with Gasteiger partial charge in [-0.3, -0.25) is 14.4 Å². The molecule has 0 aliphatic carbocycles. The number of carbonyl (C=O) groups is 4. The Bertz CT molecular complexity index is 4910. The molecule has 7 N–H and O–H groups in total. The van der Waals surface area contributed by atoms with E-state index < -0.39 is 5.97 Å². The van der Waals surface area contributed by atoms with E-state index in [1.807, 2.05) is 77.1 Å². The first kappa shape index (κ1) is 84.2. The molecule has 4 aromatic carbocycles. The minimum atomic E-state index is -0.916. The van der Waals surface area contributed by atoms with Gasteiger partial charge in [0, 0.05) is 185 Å². The molecular weight excluding hydrogens is 1530 g/mol. The Labute approximate surface area is 652 Å². The van der Waals surface area contributed by atoms with Gasteiger partial charge >= 0.3 is 17.9 Å². The van der Waals surface area contributed by atoms with Gasteiger partial charge in [0.05, 0.1) is 93.4 Å². The van der Waals surface area contributed by atoms with Crippen LogP contribution in [-0.2, 0) is 41.5 Å². The Morgan fingerprint density at radius 1 is 0.491 bits per heavy atom. The maximum Gasteiger partial charge on any atom is 0.338 e. The molecule has 10 aromatic rings. The van der Waals surface area contributed by atoms with Gasteiger partial charge in [-0.2, -0.15) is 0 Å². The van der Waals surface area contributed by atoms with E-state index in [0.717, 1.165) is 171 Å². The number of hydrogen-bond donors (Lipinski definition) is 6. The number of carboxylic acids is 1. The number of benzene rings is 4. The molecule has 110 heavy (non-hydrogen) atoms. The third-order valence-corrected chi connectivity index (χ3v) is 20.7. The highest BCUT2D eigenvalue weighted by Crippen LogP contribution is 2.39. The third-order valence-electron chi connectivity index (χ3n) is 20.7. The van der Waals surface area contributed by atoms with E-state index in [-0.39, 0.29) is 42.1 Å². The fraction of sp³-hybridized carbons (Fsp3) is 0.439. The number of H-pyrrole nitrogens is 2. The summed E-state index contributed by atoms with van der Waals surface area (Å²) in [6, 6.07) is 20.0. The van der Waals surface area contributed by atoms with Crippen LogP contribution in [0.1, 0.15) is 138 Å². The molecule has 1 amide bonds. The molecule has 4 fully saturated rings. The summed E-state index contributed by atoms with van der Waals surface area (Å²) in [5.74, 6) is -0.844. The number of esters is 2. The number of nitrogens with two attached hydrogens (primary N) is 1. The van der Waals surface area contributed by atoms with Gasteiger partial charge in [-0.25, -0.2) is 14.4 Å². The molecule has 4 aliphatic heterocycles. The van der Waals surface area contributed by atoms with E-state index in [1.54, 1.807) is 63.0 Å². The predicted octanol–water partition coefficient (Wildman–Crippen LogP) is 13.8. The fourth-order valence-corrected chi connectivity index (χ4v) is 14.6. The van der Waals surface area contributed by atoms with Crippen molar-refractivity contribution >= 4 is 113 Å². The van der Waals surface area contributed by atoms with E-state index in [2.05, 4.69) is 64.9 Å². The zero-order valence-electron chi connectivity index (χ0n) is 65.2. The van der Waals surface area contributed by atoms with Gasteiger partial charge in [0.25, 0.3) is 17.0 Å². The average Bonchev–Trinajstić information content (AvgIpc) is 1.60. The molecule has 10 heterocycles. The lowest BCUT2D eigenvalue weighted by atomic mass is 9.98. The highest BCUT2D eigenvalue weighted by atomic mass is 127. The molecule has 0 saturated carbocycles. The van der Waals surface area contributed by atoms with Gasteiger partial charge < -0.3 is 102 Å². The number of halogens is 1. The molecule has 592 valence electrons. The number of carbonyl (C=O) groups excluding carboxylic acids is 3. The Balaban J connectivity index is 0.000000162. The molecule has 4 saturated heterocycles. The van der Waals surface area contributed by atoms with Gasteiger partial charge in [0.2, 0.25) is 0 Å². The number of ether oxygens (including phenoxy) is 8. The Morgan fingerprint density at radius 3 is 1.21 bits per heavy atom. The number of carboxylic acid groups (broad SMARTS) is 1. The lowest BCUT2D eigenvalue weighted by Gasteiger charge is -2.34. The van der Waals surface area contributed by atoms with Crippen molar-refractivity contribution in [2.75, 3.05) is 127 Å². The van der Waals surface area contributed by atoms with Crippen molar-refractivity contribution in [2.24, 2.45) is 5.73 Å². The van der Waals surface area contributed by atoms with Crippen molar-refractivity contribution in [3.8, 4) is 11.5 Å². The third kappa shape index (κ3) is 19.6. The minimum absolute atomic E-state index is 0.0520. The van der Waals surface area contributed by atoms with E-state index in [1.165, 1.54) is 34.7 Å². The molecule has 6 aromatic heterocycles. The fourth-order valence-electron chi connectivity index (χ4n) is 14.6. The molecular formula is C82H103IN8O19. The van der Waals surface area contributed by atoms with Crippen molar-refractivity contribution in [1.29, 1.82) is 0 Å². The van der Waals surface area contributed by atoms with Crippen LogP contribution < -0.4 is 51.7 Å². The van der Waals surface area contributed by atoms with Gasteiger partial charge in [-0.05, 0) is 156 Å². The molecule has 28 heteroatoms. The number of amides is 1. The summed E-state index contributed by atoms with van der Waals surface area (Å²) in [5.41, 5.74) is 19.2. The smallest absolute Gasteiger partial charge is 0.338 e. The first-order valence-electron chi connectivity index (χ1n) is 36.6. The molecule has 0 spiro atoms. The maximum absolute atomic E-state index is 13.3. The van der Waals surface area contributed by atoms with E-state index in [9.17, 15) is 33.9 Å². The van der Waals surface area contributed by atoms with Crippen LogP contribution in [0, 0.1) is 41.5 Å². The SMILES string of the molecule is CI.COC(=O)c1c(C)c(N(C)C2CCOCC2)cc2occc12.COC(=O)c1c(C)c(NC2CCOCC2)cc2occc12.COc1cc(C)[nH]c(=O)c1CN.COc1cc(C)[nH]c(=O)c1CNC(=O)c1c(C)c(N(C)C2CCOCC2)cc2occc12.Cc1c(N(C)C2CCOCC2)cc2occc2c1C(=O)O. The van der Waals surface area contributed by atoms with Crippen LogP contribution in [0.25, 0.3) is 43.9 Å². The molecule has 4 aliphatic rings. The van der Waals surface area contributed by atoms with Crippen molar-refractivity contribution in [2.45, 2.75) is 130 Å². The lowest BCUT2D eigenvalue weighted by molar-refractivity contribution is 0.0593. The van der Waals surface area contributed by atoms with Crippen LogP contribution in [-0.4, -0.2) is 170 Å². The number of furan rings is 4. The monoisotopic (exact) mass is 1630 g/mol. The number of nitrogens with one attached hydrogen (secondary N) is 4. The average molecular weight is 1630 g/mol. The summed E-state index contributed by atoms with van der Waals surface area (Å²) in [6.45, 7) is 17.6. The molecule has 0 unspecified atom stereocenters. The second-order valence-electron chi connectivity index (χ2n) is 27.2. The van der Waals surface area contributed by atoms with Gasteiger partial charge in [0.1, 0.15) is 33.8 Å². The number of anilines is 4. The number of alkyl halides is 1. The Morgan fingerprint density at radius 2 is 0.827 bits per heavy atom. The van der Waals surface area contributed by atoms with Gasteiger partial charge in [-0.15, -0.1) is 0 Å². The van der Waals surface area contributed by atoms with Crippen LogP contribution in [0.2, 0.25) is 0 Å². The quantitative estimate of drug-likeness (QED) is 0.0280. The van der Waals surface area contributed by atoms with Crippen molar-refractivity contribution < 1.29 is 79.8 Å². The topological polar surface area (TPSA) is 340 Å². The normalized spacial score (nSPS) is 14.7. The van der Waals surface area contributed by atoms with Gasteiger partial charge in [-0.1, -0.05) is 22.6 Å². The summed E-state index contributed by atoms with van der Waals surface area (Å²) < 4.78 is 64.0. The number of fused-ring (bicyclic) bond motifs is 4. The molecule has 0 atom stereocenters. The van der Waals surface area contributed by atoms with Crippen LogP contribution in [0.15, 0.2) is 113 Å². The number of aromatic nitrogens is 2. The second-order valence-corrected chi connectivity index (χ2v) is 27.2. The van der Waals surface area contributed by atoms with E-state index in [0.29, 0.717) is 102 Å². The second kappa shape index (κ2) is 39.7. The van der Waals surface area contributed by atoms with E-state index in [4.69, 9.17) is 61.3 Å². The molecule has 14 rings (SSSR count). The zero-order chi connectivity index (χ0) is 79.5. The predicted molar refractivity (Wildman–Crippen MR) is 433 cm³/mol. The lowest BCUT2D eigenvalue weighted by Crippen LogP contribution is -2.37. The highest BCUT2D eigenvalue weighted by Gasteiger charge is 2.30. The Hall–Kier alpha value is -9.85. The zero-order valence-corrected chi connectivity index (χ0v) is 67.4. The first-order chi connectivity index (χ1) is 53.0. The molecule has 27 nitrogen and oxygen atoms in total. The van der Waals surface area contributed by atoms with E-state index >= 15 is 0 Å². The van der Waals surface area contributed by atoms with Crippen LogP contribution >= 0.6 is 22.6 Å². The summed E-state index contributed by atoms with van der Waals surface area (Å²) >= 11 is 2.15. The number of pyridine rings is 2. The number of methoxy groups -OCH3 is 4. The number of aromatic carboxylic acids is 1. The summed E-state index contributed by atoms with van der Waals surface area (Å²) in [5, 5.41) is 18.9. The number of aryl methyl sites for hydroxylation is 2. The number of rotatable bonds is 17. The van der Waals surface area contributed by atoms with Crippen molar-refractivity contribution in [3.63, 3.8) is 0 Å². The molecule has 0 radical (unpaired) electrons. The standard InChI is InChI=1S/C24H29N3O5.C17H21NO4.2C16H19NO4.C8H12N2O2.CH3I/c1-14-11-20(30-4)18(23(28)26-14)13-25-24(29)22-15(2)19(12-21-17(22)7-10-32-21)27(3)16-5-8-31-9-6-16;1-11-14(18(2)12-4-7-21-8-5-12)10-15-13(6-9-22-15)16(11)17(19)20-3;1-10-13(17-11-3-6-20-7-4-11)9-14-12(5-8-21-14)15(10)16(18)19-2;1-10-13(17(2)11-3-6-20-7-4-11)9-14-12(5-8-21-14)15(10)16(18)19;1-5-3-7(12-2)6(4-9)8(11)10-5;1-2/h7,10-12,16H,5-6,8-9,13H2,1-4H3,(H,25,29)(H,26,28);6,9-10,12H,4-5,7-8H2,1-3H3;5,8-9,11,17H,3-4,6-7H2,1-2H3;5,8-9,11H,3-4,6-7H2,1-2H3,(H,18,19);3H,4,9H2,1-2H3,(H,10,11);1H3. The summed E-state index contributed by atoms with van der Waals surface area (Å²) in [7, 11) is 12.0. The van der Waals surface area contributed by atoms with Crippen LogP contribution in [0.5, 0.6) is 11.5 Å². The first-order valence-corrected chi connectivity index (χ1v) is 38.8.